The molecule has 1 atom stereocenters. The molecular weight excluding hydrogens is 308 g/mol. The van der Waals surface area contributed by atoms with Gasteiger partial charge in [0.1, 0.15) is 23.3 Å². The van der Waals surface area contributed by atoms with Crippen LogP contribution in [0, 0.1) is 6.92 Å². The Hall–Kier alpha value is -1.02. The van der Waals surface area contributed by atoms with Crippen molar-refractivity contribution in [3.8, 4) is 0 Å². The van der Waals surface area contributed by atoms with E-state index in [4.69, 9.17) is 0 Å². The molecule has 1 aromatic rings. The average Bonchev–Trinajstić information content (AvgIpc) is 2.50. The van der Waals surface area contributed by atoms with Crippen LogP contribution in [0.15, 0.2) is 6.33 Å². The molecule has 0 bridgehead atoms. The molecule has 2 heterocycles. The van der Waals surface area contributed by atoms with Gasteiger partial charge in [0.2, 0.25) is 0 Å². The Morgan fingerprint density at radius 2 is 2.19 bits per heavy atom. The van der Waals surface area contributed by atoms with Crippen molar-refractivity contribution < 1.29 is 8.42 Å². The number of hydrogen-bond acceptors (Lipinski definition) is 7. The number of nitrogens with zero attached hydrogens (tertiary/aromatic N) is 3. The Morgan fingerprint density at radius 1 is 1.43 bits per heavy atom. The molecule has 0 radical (unpaired) electrons. The number of nitrogens with one attached hydrogen (secondary N) is 1. The molecule has 0 aromatic carbocycles. The number of hydrogen-bond donors (Lipinski definition) is 1. The molecule has 0 amide bonds. The van der Waals surface area contributed by atoms with Crippen molar-refractivity contribution in [1.29, 1.82) is 0 Å². The van der Waals surface area contributed by atoms with Crippen LogP contribution in [0.25, 0.3) is 0 Å². The van der Waals surface area contributed by atoms with E-state index in [1.807, 2.05) is 18.7 Å². The van der Waals surface area contributed by atoms with E-state index in [-0.39, 0.29) is 5.75 Å². The van der Waals surface area contributed by atoms with E-state index < -0.39 is 15.2 Å². The highest BCUT2D eigenvalue weighted by molar-refractivity contribution is 8.01. The Kier molecular flexibility index (Phi) is 5.32. The van der Waals surface area contributed by atoms with Gasteiger partial charge in [-0.05, 0) is 13.8 Å². The van der Waals surface area contributed by atoms with Gasteiger partial charge in [0.15, 0.2) is 9.84 Å². The number of aromatic nitrogens is 2. The van der Waals surface area contributed by atoms with E-state index in [0.29, 0.717) is 12.3 Å². The highest BCUT2D eigenvalue weighted by Gasteiger charge is 2.34. The van der Waals surface area contributed by atoms with E-state index in [1.54, 1.807) is 18.7 Å². The van der Waals surface area contributed by atoms with Crippen molar-refractivity contribution in [3.05, 3.63) is 11.9 Å². The summed E-state index contributed by atoms with van der Waals surface area (Å²) in [6, 6.07) is 0. The second-order valence-corrected chi connectivity index (χ2v) is 8.47. The fraction of sp³-hybridized carbons (Fsp3) is 0.692. The first-order chi connectivity index (χ1) is 10.0. The lowest BCUT2D eigenvalue weighted by Crippen LogP contribution is -2.48. The van der Waals surface area contributed by atoms with Crippen LogP contribution in [0.2, 0.25) is 0 Å². The van der Waals surface area contributed by atoms with Crippen LogP contribution in [0.4, 0.5) is 11.6 Å². The van der Waals surface area contributed by atoms with Crippen LogP contribution in [0.5, 0.6) is 0 Å². The Bertz CT molecular complexity index is 592. The van der Waals surface area contributed by atoms with Gasteiger partial charge in [-0.2, -0.15) is 11.8 Å². The first-order valence-corrected chi connectivity index (χ1v) is 9.99. The molecule has 118 valence electrons. The number of anilines is 2. The SMILES string of the molecule is CCNc1ncnc(N2CCSCC2S(=O)(=O)CC)c1C. The maximum absolute atomic E-state index is 12.3. The Balaban J connectivity index is 2.40. The molecular formula is C13H22N4O2S2. The second kappa shape index (κ2) is 6.83. The van der Waals surface area contributed by atoms with Crippen molar-refractivity contribution in [1.82, 2.24) is 9.97 Å². The van der Waals surface area contributed by atoms with Gasteiger partial charge >= 0.3 is 0 Å². The summed E-state index contributed by atoms with van der Waals surface area (Å²) in [5.74, 6) is 3.15. The average molecular weight is 330 g/mol. The van der Waals surface area contributed by atoms with Crippen LogP contribution in [-0.2, 0) is 9.84 Å². The van der Waals surface area contributed by atoms with E-state index in [0.717, 1.165) is 29.5 Å². The summed E-state index contributed by atoms with van der Waals surface area (Å²) in [6.07, 6.45) is 1.50. The lowest BCUT2D eigenvalue weighted by molar-refractivity contribution is 0.578. The summed E-state index contributed by atoms with van der Waals surface area (Å²) < 4.78 is 24.7. The molecule has 6 nitrogen and oxygen atoms in total. The first-order valence-electron chi connectivity index (χ1n) is 7.12. The maximum atomic E-state index is 12.3. The van der Waals surface area contributed by atoms with E-state index in [1.165, 1.54) is 6.33 Å². The van der Waals surface area contributed by atoms with Crippen molar-refractivity contribution in [2.24, 2.45) is 0 Å². The lowest BCUT2D eigenvalue weighted by Gasteiger charge is -2.36. The number of rotatable bonds is 5. The predicted octanol–water partition coefficient (Wildman–Crippen LogP) is 1.53. The highest BCUT2D eigenvalue weighted by atomic mass is 32.2. The van der Waals surface area contributed by atoms with E-state index in [9.17, 15) is 8.42 Å². The molecule has 1 fully saturated rings. The third-order valence-corrected chi connectivity index (χ3v) is 6.86. The minimum absolute atomic E-state index is 0.152. The normalized spacial score (nSPS) is 19.6. The first kappa shape index (κ1) is 16.4. The molecule has 1 saturated heterocycles. The summed E-state index contributed by atoms with van der Waals surface area (Å²) in [5, 5.41) is 2.69. The van der Waals surface area contributed by atoms with Gasteiger partial charge in [0.05, 0.1) is 0 Å². The van der Waals surface area contributed by atoms with Gasteiger partial charge in [-0.1, -0.05) is 6.92 Å². The topological polar surface area (TPSA) is 75.2 Å². The van der Waals surface area contributed by atoms with Crippen LogP contribution < -0.4 is 10.2 Å². The summed E-state index contributed by atoms with van der Waals surface area (Å²) >= 11 is 1.68. The molecule has 21 heavy (non-hydrogen) atoms. The standard InChI is InChI=1S/C13H22N4O2S2/c1-4-14-12-10(3)13(16-9-15-12)17-6-7-20-8-11(17)21(18,19)5-2/h9,11H,4-8H2,1-3H3,(H,14,15,16). The molecule has 1 N–H and O–H groups in total. The fourth-order valence-electron chi connectivity index (χ4n) is 2.39. The summed E-state index contributed by atoms with van der Waals surface area (Å²) in [7, 11) is -3.14. The quantitative estimate of drug-likeness (QED) is 0.877. The van der Waals surface area contributed by atoms with Gasteiger partial charge in [0.25, 0.3) is 0 Å². The molecule has 0 spiro atoms. The largest absolute Gasteiger partial charge is 0.370 e. The lowest BCUT2D eigenvalue weighted by atomic mass is 10.2. The summed E-state index contributed by atoms with van der Waals surface area (Å²) in [6.45, 7) is 7.10. The maximum Gasteiger partial charge on any atom is 0.171 e. The van der Waals surface area contributed by atoms with E-state index in [2.05, 4.69) is 15.3 Å². The minimum Gasteiger partial charge on any atom is -0.370 e. The molecule has 0 aliphatic carbocycles. The van der Waals surface area contributed by atoms with Crippen molar-refractivity contribution in [2.75, 3.05) is 40.6 Å². The molecule has 1 aliphatic rings. The second-order valence-electron chi connectivity index (χ2n) is 4.88. The molecule has 2 rings (SSSR count). The molecule has 1 aromatic heterocycles. The van der Waals surface area contributed by atoms with Crippen LogP contribution in [0.3, 0.4) is 0 Å². The van der Waals surface area contributed by atoms with Crippen LogP contribution in [0.1, 0.15) is 19.4 Å². The zero-order valence-electron chi connectivity index (χ0n) is 12.7. The number of sulfone groups is 1. The molecule has 1 aliphatic heterocycles. The smallest absolute Gasteiger partial charge is 0.171 e. The van der Waals surface area contributed by atoms with Crippen molar-refractivity contribution >= 4 is 33.2 Å². The molecule has 1 unspecified atom stereocenters. The zero-order valence-corrected chi connectivity index (χ0v) is 14.3. The highest BCUT2D eigenvalue weighted by Crippen LogP contribution is 2.30. The summed E-state index contributed by atoms with van der Waals surface area (Å²) in [5.41, 5.74) is 0.905. The predicted molar refractivity (Wildman–Crippen MR) is 88.9 cm³/mol. The third-order valence-electron chi connectivity index (χ3n) is 3.58. The van der Waals surface area contributed by atoms with Gasteiger partial charge in [-0.3, -0.25) is 0 Å². The molecule has 8 heteroatoms. The van der Waals surface area contributed by atoms with Crippen LogP contribution >= 0.6 is 11.8 Å². The summed E-state index contributed by atoms with van der Waals surface area (Å²) in [4.78, 5) is 10.5. The fourth-order valence-corrected chi connectivity index (χ4v) is 5.36. The van der Waals surface area contributed by atoms with Crippen LogP contribution in [-0.4, -0.2) is 54.1 Å². The van der Waals surface area contributed by atoms with E-state index >= 15 is 0 Å². The monoisotopic (exact) mass is 330 g/mol. The van der Waals surface area contributed by atoms with Crippen molar-refractivity contribution in [2.45, 2.75) is 26.1 Å². The Labute approximate surface area is 130 Å². The zero-order chi connectivity index (χ0) is 15.5. The van der Waals surface area contributed by atoms with Crippen molar-refractivity contribution in [3.63, 3.8) is 0 Å². The van der Waals surface area contributed by atoms with Gasteiger partial charge in [0, 0.05) is 35.9 Å². The van der Waals surface area contributed by atoms with Gasteiger partial charge in [-0.25, -0.2) is 18.4 Å². The van der Waals surface area contributed by atoms with Gasteiger partial charge in [-0.15, -0.1) is 0 Å². The Morgan fingerprint density at radius 3 is 2.86 bits per heavy atom. The number of thioether (sulfide) groups is 1. The minimum atomic E-state index is -3.14. The van der Waals surface area contributed by atoms with Gasteiger partial charge < -0.3 is 10.2 Å². The molecule has 0 saturated carbocycles. The third kappa shape index (κ3) is 3.42.